The zero-order valence-corrected chi connectivity index (χ0v) is 26.3. The molecule has 1 unspecified atom stereocenters. The molecule has 0 aliphatic carbocycles. The summed E-state index contributed by atoms with van der Waals surface area (Å²) in [5.41, 5.74) is 1.47. The number of piperidine rings is 2. The molecule has 1 aromatic heterocycles. The first-order valence-electron chi connectivity index (χ1n) is 14.9. The second-order valence-electron chi connectivity index (χ2n) is 12.9. The highest BCUT2D eigenvalue weighted by Gasteiger charge is 2.34. The number of Topliss-reactive ketones (excluding diaryl/α,β-unsaturated/α-hetero) is 1. The molecule has 42 heavy (non-hydrogen) atoms. The minimum Gasteiger partial charge on any atom is -0.350 e. The minimum absolute atomic E-state index is 0.00292. The van der Waals surface area contributed by atoms with Crippen LogP contribution in [-0.2, 0) is 11.2 Å². The Morgan fingerprint density at radius 2 is 1.81 bits per heavy atom. The van der Waals surface area contributed by atoms with E-state index in [1.54, 1.807) is 6.92 Å². The van der Waals surface area contributed by atoms with E-state index in [1.807, 2.05) is 32.9 Å². The quantitative estimate of drug-likeness (QED) is 0.367. The van der Waals surface area contributed by atoms with Crippen molar-refractivity contribution in [3.8, 4) is 0 Å². The highest BCUT2D eigenvalue weighted by atomic mass is 32.1. The Labute approximate surface area is 252 Å². The number of halogens is 1. The fourth-order valence-electron chi connectivity index (χ4n) is 6.13. The highest BCUT2D eigenvalue weighted by Crippen LogP contribution is 2.26. The van der Waals surface area contributed by atoms with Crippen LogP contribution in [0, 0.1) is 24.6 Å². The van der Waals surface area contributed by atoms with Gasteiger partial charge in [-0.1, -0.05) is 23.5 Å². The number of carbonyl (C=O) groups excluding carboxylic acids is 3. The van der Waals surface area contributed by atoms with Gasteiger partial charge < -0.3 is 15.5 Å². The first kappa shape index (κ1) is 32.0. The summed E-state index contributed by atoms with van der Waals surface area (Å²) in [6.45, 7) is 13.7. The van der Waals surface area contributed by atoms with Crippen molar-refractivity contribution in [1.29, 1.82) is 0 Å². The molecule has 4 rings (SSSR count). The van der Waals surface area contributed by atoms with E-state index in [2.05, 4.69) is 30.7 Å². The van der Waals surface area contributed by atoms with Gasteiger partial charge >= 0.3 is 6.03 Å². The number of urea groups is 1. The molecule has 11 heteroatoms. The minimum atomic E-state index is -0.333. The van der Waals surface area contributed by atoms with Crippen LogP contribution in [-0.4, -0.2) is 83.4 Å². The number of carbonyl (C=O) groups is 3. The Balaban J connectivity index is 1.40. The van der Waals surface area contributed by atoms with Crippen molar-refractivity contribution >= 4 is 34.2 Å². The lowest BCUT2D eigenvalue weighted by atomic mass is 9.88. The van der Waals surface area contributed by atoms with Crippen molar-refractivity contribution in [2.45, 2.75) is 71.9 Å². The third-order valence-corrected chi connectivity index (χ3v) is 9.06. The molecule has 0 saturated carbocycles. The van der Waals surface area contributed by atoms with Gasteiger partial charge in [0.05, 0.1) is 17.1 Å². The lowest BCUT2D eigenvalue weighted by molar-refractivity contribution is -0.124. The van der Waals surface area contributed by atoms with Crippen LogP contribution in [0.1, 0.15) is 67.9 Å². The number of nitrogens with one attached hydrogen (secondary N) is 3. The number of likely N-dealkylation sites (tertiary alicyclic amines) is 2. The third kappa shape index (κ3) is 9.57. The van der Waals surface area contributed by atoms with Crippen LogP contribution in [0.15, 0.2) is 24.3 Å². The molecule has 2 fully saturated rings. The number of aryl methyl sites for hydroxylation is 1. The third-order valence-electron chi connectivity index (χ3n) is 7.89. The summed E-state index contributed by atoms with van der Waals surface area (Å²) in [6.07, 6.45) is 3.87. The highest BCUT2D eigenvalue weighted by molar-refractivity contribution is 7.17. The second kappa shape index (κ2) is 14.1. The first-order valence-corrected chi connectivity index (χ1v) is 15.7. The van der Waals surface area contributed by atoms with Crippen molar-refractivity contribution < 1.29 is 18.8 Å². The van der Waals surface area contributed by atoms with Gasteiger partial charge in [0.1, 0.15) is 5.82 Å². The van der Waals surface area contributed by atoms with E-state index < -0.39 is 0 Å². The number of ketones is 1. The molecule has 2 saturated heterocycles. The number of anilines is 1. The monoisotopic (exact) mass is 600 g/mol. The van der Waals surface area contributed by atoms with Crippen molar-refractivity contribution in [3.05, 3.63) is 46.2 Å². The van der Waals surface area contributed by atoms with E-state index in [4.69, 9.17) is 0 Å². The zero-order chi connectivity index (χ0) is 30.4. The van der Waals surface area contributed by atoms with E-state index in [0.717, 1.165) is 50.9 Å². The molecule has 0 bridgehead atoms. The Morgan fingerprint density at radius 3 is 2.48 bits per heavy atom. The summed E-state index contributed by atoms with van der Waals surface area (Å²) < 4.78 is 13.4. The molecule has 0 spiro atoms. The fraction of sp³-hybridized carbons (Fsp3) is 0.613. The number of thiazole rings is 1. The van der Waals surface area contributed by atoms with Gasteiger partial charge in [-0.05, 0) is 83.5 Å². The Hall–Kier alpha value is -2.89. The first-order chi connectivity index (χ1) is 19.8. The average Bonchev–Trinajstić information content (AvgIpc) is 3.26. The molecule has 2 aliphatic heterocycles. The van der Waals surface area contributed by atoms with Gasteiger partial charge in [0.15, 0.2) is 10.9 Å². The van der Waals surface area contributed by atoms with Gasteiger partial charge in [-0.3, -0.25) is 19.8 Å². The number of amides is 3. The lowest BCUT2D eigenvalue weighted by Crippen LogP contribution is -2.57. The predicted molar refractivity (Wildman–Crippen MR) is 165 cm³/mol. The normalized spacial score (nSPS) is 22.0. The Kier molecular flexibility index (Phi) is 10.7. The lowest BCUT2D eigenvalue weighted by Gasteiger charge is -2.42. The standard InChI is InChI=1S/C31H45FN6O3S/c1-20-28(21(2)39)42-30(33-20)35-29(41)34-26-12-14-38(19-27(40)36-31(3,4)5)18-24(26)17-37-13-6-7-23(16-37)15-22-8-10-25(32)11-9-22/h8-11,23-24,26H,6-7,12-19H2,1-5H3,(H,36,40)(H2,33,34,35,41)/t23?,24-,26-/m1/s1. The van der Waals surface area contributed by atoms with E-state index in [0.29, 0.717) is 41.3 Å². The van der Waals surface area contributed by atoms with Gasteiger partial charge in [0, 0.05) is 50.6 Å². The fourth-order valence-corrected chi connectivity index (χ4v) is 6.99. The van der Waals surface area contributed by atoms with Crippen molar-refractivity contribution in [1.82, 2.24) is 25.4 Å². The van der Waals surface area contributed by atoms with Gasteiger partial charge in [-0.2, -0.15) is 0 Å². The topological polar surface area (TPSA) is 107 Å². The number of hydrogen-bond donors (Lipinski definition) is 3. The van der Waals surface area contributed by atoms with Crippen LogP contribution >= 0.6 is 11.3 Å². The van der Waals surface area contributed by atoms with Crippen LogP contribution in [0.5, 0.6) is 0 Å². The zero-order valence-electron chi connectivity index (χ0n) is 25.5. The maximum absolute atomic E-state index is 13.4. The van der Waals surface area contributed by atoms with Crippen molar-refractivity contribution in [2.24, 2.45) is 11.8 Å². The second-order valence-corrected chi connectivity index (χ2v) is 13.9. The molecule has 3 heterocycles. The summed E-state index contributed by atoms with van der Waals surface area (Å²) in [5, 5.41) is 9.46. The summed E-state index contributed by atoms with van der Waals surface area (Å²) >= 11 is 1.19. The van der Waals surface area contributed by atoms with Crippen LogP contribution in [0.3, 0.4) is 0 Å². The summed E-state index contributed by atoms with van der Waals surface area (Å²) in [7, 11) is 0. The predicted octanol–water partition coefficient (Wildman–Crippen LogP) is 4.47. The molecule has 2 aromatic rings. The number of aromatic nitrogens is 1. The SMILES string of the molecule is CC(=O)c1sc(NC(=O)N[C@@H]2CCN(CC(=O)NC(C)(C)C)C[C@H]2CN2CCCC(Cc3ccc(F)cc3)C2)nc1C. The molecule has 0 radical (unpaired) electrons. The van der Waals surface area contributed by atoms with Crippen LogP contribution in [0.25, 0.3) is 0 Å². The largest absolute Gasteiger partial charge is 0.350 e. The van der Waals surface area contributed by atoms with Crippen LogP contribution < -0.4 is 16.0 Å². The summed E-state index contributed by atoms with van der Waals surface area (Å²) in [5.74, 6) is 0.333. The summed E-state index contributed by atoms with van der Waals surface area (Å²) in [6, 6.07) is 6.39. The molecular weight excluding hydrogens is 555 g/mol. The molecule has 3 N–H and O–H groups in total. The molecule has 3 atom stereocenters. The molecule has 9 nitrogen and oxygen atoms in total. The molecule has 1 aromatic carbocycles. The van der Waals surface area contributed by atoms with Gasteiger partial charge in [0.2, 0.25) is 5.91 Å². The van der Waals surface area contributed by atoms with E-state index in [1.165, 1.54) is 30.4 Å². The van der Waals surface area contributed by atoms with E-state index >= 15 is 0 Å². The summed E-state index contributed by atoms with van der Waals surface area (Å²) in [4.78, 5) is 47.1. The number of benzene rings is 1. The van der Waals surface area contributed by atoms with Crippen LogP contribution in [0.4, 0.5) is 14.3 Å². The van der Waals surface area contributed by atoms with E-state index in [-0.39, 0.29) is 41.0 Å². The van der Waals surface area contributed by atoms with Gasteiger partial charge in [-0.25, -0.2) is 14.2 Å². The molecule has 2 aliphatic rings. The van der Waals surface area contributed by atoms with Gasteiger partial charge in [-0.15, -0.1) is 0 Å². The molecule has 230 valence electrons. The Morgan fingerprint density at radius 1 is 1.07 bits per heavy atom. The number of rotatable bonds is 9. The smallest absolute Gasteiger partial charge is 0.321 e. The van der Waals surface area contributed by atoms with Gasteiger partial charge in [0.25, 0.3) is 0 Å². The van der Waals surface area contributed by atoms with Crippen molar-refractivity contribution in [2.75, 3.05) is 44.6 Å². The Bertz CT molecular complexity index is 1240. The van der Waals surface area contributed by atoms with Crippen LogP contribution in [0.2, 0.25) is 0 Å². The maximum Gasteiger partial charge on any atom is 0.321 e. The maximum atomic E-state index is 13.4. The number of hydrogen-bond acceptors (Lipinski definition) is 7. The molecule has 3 amide bonds. The average molecular weight is 601 g/mol. The van der Waals surface area contributed by atoms with E-state index in [9.17, 15) is 18.8 Å². The number of nitrogens with zero attached hydrogens (tertiary/aromatic N) is 3. The van der Waals surface area contributed by atoms with Crippen molar-refractivity contribution in [3.63, 3.8) is 0 Å². The molecular formula is C31H45FN6O3S.